The van der Waals surface area contributed by atoms with Crippen LogP contribution < -0.4 is 4.74 Å². The molecule has 88 valence electrons. The van der Waals surface area contributed by atoms with Crippen molar-refractivity contribution in [1.82, 2.24) is 4.98 Å². The van der Waals surface area contributed by atoms with Gasteiger partial charge in [-0.05, 0) is 0 Å². The number of rotatable bonds is 3. The van der Waals surface area contributed by atoms with E-state index in [0.29, 0.717) is 0 Å². The van der Waals surface area contributed by atoms with Crippen LogP contribution >= 0.6 is 0 Å². The van der Waals surface area contributed by atoms with Crippen molar-refractivity contribution >= 4 is 11.7 Å². The Kier molecular flexibility index (Phi) is 5.47. The largest absolute Gasteiger partial charge is 0.480 e. The summed E-state index contributed by atoms with van der Waals surface area (Å²) in [5.74, 6) is -1.47. The number of nitro groups is 1. The minimum Gasteiger partial charge on any atom is -0.480 e. The molecule has 0 spiro atoms. The van der Waals surface area contributed by atoms with Gasteiger partial charge in [0.1, 0.15) is 11.8 Å². The van der Waals surface area contributed by atoms with Crippen molar-refractivity contribution in [2.24, 2.45) is 0 Å². The minimum atomic E-state index is -1.32. The number of methoxy groups -OCH3 is 1. The summed E-state index contributed by atoms with van der Waals surface area (Å²) in [6, 6.07) is 0.897. The Morgan fingerprint density at radius 1 is 1.56 bits per heavy atom. The summed E-state index contributed by atoms with van der Waals surface area (Å²) in [4.78, 5) is 23.7. The predicted octanol–water partition coefficient (Wildman–Crippen LogP) is 1.72. The predicted molar refractivity (Wildman–Crippen MR) is 55.8 cm³/mol. The Bertz CT molecular complexity index is 391. The smallest absolute Gasteiger partial charge is 0.341 e. The third kappa shape index (κ3) is 3.19. The zero-order valence-electron chi connectivity index (χ0n) is 9.13. The zero-order chi connectivity index (χ0) is 12.7. The highest BCUT2D eigenvalue weighted by Crippen LogP contribution is 2.20. The maximum absolute atomic E-state index is 10.6. The average molecular weight is 228 g/mol. The van der Waals surface area contributed by atoms with Crippen molar-refractivity contribution in [2.75, 3.05) is 7.11 Å². The molecule has 1 N–H and O–H groups in total. The lowest BCUT2D eigenvalue weighted by Gasteiger charge is -2.01. The van der Waals surface area contributed by atoms with Crippen LogP contribution in [-0.4, -0.2) is 28.1 Å². The number of aromatic carboxylic acids is 1. The molecular formula is C9H12N2O5. The molecule has 7 nitrogen and oxygen atoms in total. The number of aromatic nitrogens is 1. The van der Waals surface area contributed by atoms with Crippen LogP contribution in [0.1, 0.15) is 24.2 Å². The van der Waals surface area contributed by atoms with Crippen molar-refractivity contribution in [3.05, 3.63) is 27.9 Å². The van der Waals surface area contributed by atoms with Crippen LogP contribution in [-0.2, 0) is 0 Å². The van der Waals surface area contributed by atoms with Gasteiger partial charge in [-0.1, -0.05) is 13.8 Å². The fraction of sp³-hybridized carbons (Fsp3) is 0.333. The average Bonchev–Trinajstić information content (AvgIpc) is 2.30. The monoisotopic (exact) mass is 228 g/mol. The number of hydrogen-bond donors (Lipinski definition) is 1. The number of hydrogen-bond acceptors (Lipinski definition) is 5. The number of carbonyl (C=O) groups is 1. The van der Waals surface area contributed by atoms with Gasteiger partial charge in [-0.3, -0.25) is 10.1 Å². The Balaban J connectivity index is 0.00000106. The first-order valence-corrected chi connectivity index (χ1v) is 4.48. The van der Waals surface area contributed by atoms with Gasteiger partial charge in [0, 0.05) is 6.07 Å². The summed E-state index contributed by atoms with van der Waals surface area (Å²) in [5, 5.41) is 19.0. The number of pyridine rings is 1. The van der Waals surface area contributed by atoms with Gasteiger partial charge in [0.05, 0.1) is 12.0 Å². The molecule has 0 saturated carbocycles. The standard InChI is InChI=1S/C7H6N2O5.C2H6/c1-14-6-5(7(10)11)2-4(3-8-6)9(12)13;1-2/h2-3H,1H3,(H,10,11);1-2H3. The lowest BCUT2D eigenvalue weighted by molar-refractivity contribution is -0.385. The molecule has 1 aromatic heterocycles. The third-order valence-corrected chi connectivity index (χ3v) is 1.47. The molecule has 1 aromatic rings. The van der Waals surface area contributed by atoms with E-state index in [1.807, 2.05) is 13.8 Å². The number of carboxylic acids is 1. The zero-order valence-corrected chi connectivity index (χ0v) is 9.13. The van der Waals surface area contributed by atoms with Crippen molar-refractivity contribution in [2.45, 2.75) is 13.8 Å². The lowest BCUT2D eigenvalue weighted by Crippen LogP contribution is -2.03. The quantitative estimate of drug-likeness (QED) is 0.624. The van der Waals surface area contributed by atoms with Gasteiger partial charge >= 0.3 is 5.97 Å². The van der Waals surface area contributed by atoms with Gasteiger partial charge < -0.3 is 9.84 Å². The second kappa shape index (κ2) is 6.33. The van der Waals surface area contributed by atoms with E-state index in [-0.39, 0.29) is 17.1 Å². The topological polar surface area (TPSA) is 103 Å². The maximum Gasteiger partial charge on any atom is 0.341 e. The molecular weight excluding hydrogens is 216 g/mol. The molecule has 0 amide bonds. The van der Waals surface area contributed by atoms with Crippen LogP contribution in [0.25, 0.3) is 0 Å². The Morgan fingerprint density at radius 2 is 2.12 bits per heavy atom. The first-order valence-electron chi connectivity index (χ1n) is 4.48. The van der Waals surface area contributed by atoms with Gasteiger partial charge in [0.25, 0.3) is 5.69 Å². The van der Waals surface area contributed by atoms with Crippen molar-refractivity contribution in [3.8, 4) is 5.88 Å². The summed E-state index contributed by atoms with van der Waals surface area (Å²) >= 11 is 0. The second-order valence-electron chi connectivity index (χ2n) is 2.31. The minimum absolute atomic E-state index is 0.150. The van der Waals surface area contributed by atoms with Crippen LogP contribution in [0.4, 0.5) is 5.69 Å². The van der Waals surface area contributed by atoms with Crippen molar-refractivity contribution in [1.29, 1.82) is 0 Å². The molecule has 0 saturated heterocycles. The second-order valence-corrected chi connectivity index (χ2v) is 2.31. The molecule has 1 rings (SSSR count). The fourth-order valence-electron chi connectivity index (χ4n) is 0.857. The van der Waals surface area contributed by atoms with Crippen LogP contribution in [0.5, 0.6) is 5.88 Å². The molecule has 0 fully saturated rings. The van der Waals surface area contributed by atoms with Crippen LogP contribution in [0.2, 0.25) is 0 Å². The van der Waals surface area contributed by atoms with E-state index in [0.717, 1.165) is 12.3 Å². The number of carboxylic acid groups (broad SMARTS) is 1. The van der Waals surface area contributed by atoms with Gasteiger partial charge in [-0.15, -0.1) is 0 Å². The maximum atomic E-state index is 10.6. The highest BCUT2D eigenvalue weighted by molar-refractivity contribution is 5.90. The van der Waals surface area contributed by atoms with Gasteiger partial charge in [0.2, 0.25) is 5.88 Å². The highest BCUT2D eigenvalue weighted by atomic mass is 16.6. The van der Waals surface area contributed by atoms with E-state index < -0.39 is 10.9 Å². The summed E-state index contributed by atoms with van der Waals surface area (Å²) in [6.07, 6.45) is 0.936. The van der Waals surface area contributed by atoms with Crippen molar-refractivity contribution < 1.29 is 19.6 Å². The van der Waals surface area contributed by atoms with E-state index in [2.05, 4.69) is 9.72 Å². The molecule has 0 radical (unpaired) electrons. The molecule has 0 aliphatic rings. The Morgan fingerprint density at radius 3 is 2.50 bits per heavy atom. The van der Waals surface area contributed by atoms with Crippen LogP contribution in [0.3, 0.4) is 0 Å². The molecule has 0 aliphatic carbocycles. The molecule has 16 heavy (non-hydrogen) atoms. The summed E-state index contributed by atoms with van der Waals surface area (Å²) < 4.78 is 4.63. The summed E-state index contributed by atoms with van der Waals surface area (Å²) in [6.45, 7) is 4.00. The van der Waals surface area contributed by atoms with E-state index in [4.69, 9.17) is 5.11 Å². The van der Waals surface area contributed by atoms with E-state index in [1.54, 1.807) is 0 Å². The van der Waals surface area contributed by atoms with Crippen molar-refractivity contribution in [3.63, 3.8) is 0 Å². The Hall–Kier alpha value is -2.18. The number of ether oxygens (including phenoxy) is 1. The van der Waals surface area contributed by atoms with E-state index in [9.17, 15) is 14.9 Å². The molecule has 0 atom stereocenters. The van der Waals surface area contributed by atoms with Crippen LogP contribution in [0.15, 0.2) is 12.3 Å². The summed E-state index contributed by atoms with van der Waals surface area (Å²) in [7, 11) is 1.24. The summed E-state index contributed by atoms with van der Waals surface area (Å²) in [5.41, 5.74) is -0.718. The molecule has 0 bridgehead atoms. The van der Waals surface area contributed by atoms with Gasteiger partial charge in [0.15, 0.2) is 0 Å². The highest BCUT2D eigenvalue weighted by Gasteiger charge is 2.17. The fourth-order valence-corrected chi connectivity index (χ4v) is 0.857. The number of nitrogens with zero attached hydrogens (tertiary/aromatic N) is 2. The van der Waals surface area contributed by atoms with E-state index >= 15 is 0 Å². The van der Waals surface area contributed by atoms with E-state index in [1.165, 1.54) is 7.11 Å². The molecule has 7 heteroatoms. The third-order valence-electron chi connectivity index (χ3n) is 1.47. The van der Waals surface area contributed by atoms with Crippen LogP contribution in [0, 0.1) is 10.1 Å². The lowest BCUT2D eigenvalue weighted by atomic mass is 10.2. The normalized spacial score (nSPS) is 8.69. The molecule has 0 aromatic carbocycles. The van der Waals surface area contributed by atoms with Gasteiger partial charge in [-0.2, -0.15) is 0 Å². The van der Waals surface area contributed by atoms with Gasteiger partial charge in [-0.25, -0.2) is 9.78 Å². The first-order chi connectivity index (χ1) is 7.56. The Labute approximate surface area is 91.8 Å². The molecule has 0 aliphatic heterocycles. The SMILES string of the molecule is CC.COc1ncc([N+](=O)[O-])cc1C(=O)O. The molecule has 1 heterocycles. The molecule has 0 unspecified atom stereocenters. The first kappa shape index (κ1) is 13.8.